The van der Waals surface area contributed by atoms with Crippen LogP contribution in [0.15, 0.2) is 53.5 Å². The molecule has 3 nitrogen and oxygen atoms in total. The lowest BCUT2D eigenvalue weighted by atomic mass is 9.98. The second kappa shape index (κ2) is 6.17. The van der Waals surface area contributed by atoms with Gasteiger partial charge in [0.15, 0.2) is 0 Å². The van der Waals surface area contributed by atoms with Crippen LogP contribution < -0.4 is 0 Å². The molecule has 0 saturated heterocycles. The van der Waals surface area contributed by atoms with Gasteiger partial charge in [-0.2, -0.15) is 8.42 Å². The minimum Gasteiger partial charge on any atom is -0.266 e. The van der Waals surface area contributed by atoms with Crippen molar-refractivity contribution in [2.75, 3.05) is 6.61 Å². The van der Waals surface area contributed by atoms with E-state index in [-0.39, 0.29) is 11.5 Å². The number of rotatable bonds is 5. The molecule has 4 heteroatoms. The van der Waals surface area contributed by atoms with Crippen molar-refractivity contribution in [1.82, 2.24) is 0 Å². The summed E-state index contributed by atoms with van der Waals surface area (Å²) >= 11 is 0. The van der Waals surface area contributed by atoms with Crippen LogP contribution in [-0.4, -0.2) is 15.0 Å². The molecular formula is C15H18O3S. The van der Waals surface area contributed by atoms with Gasteiger partial charge in [-0.15, -0.1) is 0 Å². The molecule has 0 aliphatic heterocycles. The fourth-order valence-electron chi connectivity index (χ4n) is 1.93. The first-order valence-electron chi connectivity index (χ1n) is 6.37. The SMILES string of the molecule is Cc1ccc(S(=O)(=O)OCCC2C=CC=CC2)cc1. The van der Waals surface area contributed by atoms with Gasteiger partial charge in [-0.25, -0.2) is 0 Å². The van der Waals surface area contributed by atoms with E-state index < -0.39 is 10.1 Å². The first kappa shape index (κ1) is 14.0. The summed E-state index contributed by atoms with van der Waals surface area (Å²) in [5, 5.41) is 0. The first-order chi connectivity index (χ1) is 9.08. The molecule has 1 aliphatic rings. The van der Waals surface area contributed by atoms with Crippen LogP contribution in [0.3, 0.4) is 0 Å². The zero-order chi connectivity index (χ0) is 13.7. The van der Waals surface area contributed by atoms with E-state index >= 15 is 0 Å². The highest BCUT2D eigenvalue weighted by molar-refractivity contribution is 7.86. The Morgan fingerprint density at radius 2 is 1.95 bits per heavy atom. The molecule has 0 radical (unpaired) electrons. The van der Waals surface area contributed by atoms with Gasteiger partial charge in [-0.05, 0) is 37.8 Å². The Hall–Kier alpha value is -1.39. The van der Waals surface area contributed by atoms with Crippen LogP contribution in [0.5, 0.6) is 0 Å². The van der Waals surface area contributed by atoms with Crippen LogP contribution in [0.1, 0.15) is 18.4 Å². The summed E-state index contributed by atoms with van der Waals surface area (Å²) in [5.41, 5.74) is 1.03. The number of benzene rings is 1. The van der Waals surface area contributed by atoms with E-state index in [2.05, 4.69) is 12.2 Å². The molecule has 2 rings (SSSR count). The van der Waals surface area contributed by atoms with E-state index in [1.165, 1.54) is 0 Å². The Kier molecular flexibility index (Phi) is 4.56. The lowest BCUT2D eigenvalue weighted by molar-refractivity contribution is 0.294. The molecule has 1 aromatic rings. The van der Waals surface area contributed by atoms with Gasteiger partial charge in [0, 0.05) is 0 Å². The van der Waals surface area contributed by atoms with Crippen LogP contribution in [0, 0.1) is 12.8 Å². The molecule has 0 N–H and O–H groups in total. The third-order valence-corrected chi connectivity index (χ3v) is 4.43. The highest BCUT2D eigenvalue weighted by Gasteiger charge is 2.15. The van der Waals surface area contributed by atoms with E-state index in [0.717, 1.165) is 12.0 Å². The molecule has 1 aliphatic carbocycles. The zero-order valence-corrected chi connectivity index (χ0v) is 11.8. The van der Waals surface area contributed by atoms with Crippen molar-refractivity contribution in [2.45, 2.75) is 24.7 Å². The lowest BCUT2D eigenvalue weighted by Crippen LogP contribution is -2.10. The van der Waals surface area contributed by atoms with Crippen LogP contribution in [0.2, 0.25) is 0 Å². The molecule has 102 valence electrons. The highest BCUT2D eigenvalue weighted by atomic mass is 32.2. The van der Waals surface area contributed by atoms with Crippen molar-refractivity contribution in [2.24, 2.45) is 5.92 Å². The van der Waals surface area contributed by atoms with Crippen molar-refractivity contribution in [3.8, 4) is 0 Å². The Balaban J connectivity index is 1.89. The number of aryl methyl sites for hydroxylation is 1. The van der Waals surface area contributed by atoms with Gasteiger partial charge in [0.2, 0.25) is 0 Å². The van der Waals surface area contributed by atoms with Crippen LogP contribution >= 0.6 is 0 Å². The van der Waals surface area contributed by atoms with Gasteiger partial charge < -0.3 is 0 Å². The molecule has 0 fully saturated rings. The Labute approximate surface area is 114 Å². The second-order valence-corrected chi connectivity index (χ2v) is 6.30. The van der Waals surface area contributed by atoms with Crippen LogP contribution in [0.25, 0.3) is 0 Å². The van der Waals surface area contributed by atoms with Crippen molar-refractivity contribution >= 4 is 10.1 Å². The molecule has 0 saturated carbocycles. The largest absolute Gasteiger partial charge is 0.296 e. The maximum absolute atomic E-state index is 11.9. The second-order valence-electron chi connectivity index (χ2n) is 4.69. The van der Waals surface area contributed by atoms with Crippen molar-refractivity contribution < 1.29 is 12.6 Å². The summed E-state index contributed by atoms with van der Waals surface area (Å²) in [5.74, 6) is 0.373. The fraction of sp³-hybridized carbons (Fsp3) is 0.333. The third kappa shape index (κ3) is 4.04. The first-order valence-corrected chi connectivity index (χ1v) is 7.78. The highest BCUT2D eigenvalue weighted by Crippen LogP contribution is 2.18. The number of hydrogen-bond acceptors (Lipinski definition) is 3. The van der Waals surface area contributed by atoms with Crippen LogP contribution in [0.4, 0.5) is 0 Å². The normalized spacial score (nSPS) is 18.7. The van der Waals surface area contributed by atoms with E-state index in [1.54, 1.807) is 24.3 Å². The van der Waals surface area contributed by atoms with Gasteiger partial charge in [-0.1, -0.05) is 42.0 Å². The molecular weight excluding hydrogens is 260 g/mol. The molecule has 0 spiro atoms. The number of allylic oxidation sites excluding steroid dienone is 4. The average molecular weight is 278 g/mol. The van der Waals surface area contributed by atoms with E-state index in [1.807, 2.05) is 19.1 Å². The summed E-state index contributed by atoms with van der Waals surface area (Å²) < 4.78 is 28.9. The minimum atomic E-state index is -3.62. The maximum atomic E-state index is 11.9. The zero-order valence-electron chi connectivity index (χ0n) is 11.0. The summed E-state index contributed by atoms with van der Waals surface area (Å²) in [4.78, 5) is 0.220. The monoisotopic (exact) mass is 278 g/mol. The third-order valence-electron chi connectivity index (χ3n) is 3.11. The fourth-order valence-corrected chi connectivity index (χ4v) is 2.85. The topological polar surface area (TPSA) is 43.4 Å². The summed E-state index contributed by atoms with van der Waals surface area (Å²) in [6, 6.07) is 6.69. The Morgan fingerprint density at radius 3 is 2.58 bits per heavy atom. The number of hydrogen-bond donors (Lipinski definition) is 0. The van der Waals surface area contributed by atoms with E-state index in [9.17, 15) is 8.42 Å². The molecule has 19 heavy (non-hydrogen) atoms. The van der Waals surface area contributed by atoms with Crippen molar-refractivity contribution in [1.29, 1.82) is 0 Å². The average Bonchev–Trinajstić information content (AvgIpc) is 2.40. The molecule has 0 amide bonds. The minimum absolute atomic E-state index is 0.220. The molecule has 1 atom stereocenters. The van der Waals surface area contributed by atoms with Crippen molar-refractivity contribution in [3.63, 3.8) is 0 Å². The summed E-state index contributed by atoms with van der Waals surface area (Å²) in [6.45, 7) is 2.14. The smallest absolute Gasteiger partial charge is 0.266 e. The van der Waals surface area contributed by atoms with Gasteiger partial charge in [-0.3, -0.25) is 4.18 Å². The van der Waals surface area contributed by atoms with Gasteiger partial charge in [0.05, 0.1) is 11.5 Å². The maximum Gasteiger partial charge on any atom is 0.296 e. The molecule has 1 aromatic carbocycles. The molecule has 0 heterocycles. The standard InChI is InChI=1S/C15H18O3S/c1-13-7-9-15(10-8-13)19(16,17)18-12-11-14-5-3-2-4-6-14/h2-5,7-10,14H,6,11-12H2,1H3. The molecule has 0 aromatic heterocycles. The van der Waals surface area contributed by atoms with Crippen LogP contribution in [-0.2, 0) is 14.3 Å². The predicted octanol–water partition coefficient (Wildman–Crippen LogP) is 3.22. The molecule has 1 unspecified atom stereocenters. The van der Waals surface area contributed by atoms with Gasteiger partial charge >= 0.3 is 0 Å². The molecule has 0 bridgehead atoms. The Bertz CT molecular complexity index is 568. The summed E-state index contributed by atoms with van der Waals surface area (Å²) in [7, 11) is -3.62. The lowest BCUT2D eigenvalue weighted by Gasteiger charge is -2.12. The van der Waals surface area contributed by atoms with E-state index in [4.69, 9.17) is 4.18 Å². The Morgan fingerprint density at radius 1 is 1.21 bits per heavy atom. The van der Waals surface area contributed by atoms with E-state index in [0.29, 0.717) is 12.3 Å². The van der Waals surface area contributed by atoms with Gasteiger partial charge in [0.25, 0.3) is 10.1 Å². The van der Waals surface area contributed by atoms with Crippen molar-refractivity contribution in [3.05, 3.63) is 54.1 Å². The quantitative estimate of drug-likeness (QED) is 0.777. The summed E-state index contributed by atoms with van der Waals surface area (Å²) in [6.07, 6.45) is 9.82. The predicted molar refractivity (Wildman–Crippen MR) is 75.3 cm³/mol. The van der Waals surface area contributed by atoms with Gasteiger partial charge in [0.1, 0.15) is 0 Å².